The monoisotopic (exact) mass is 272 g/mol. The summed E-state index contributed by atoms with van der Waals surface area (Å²) in [5, 5.41) is 8.58. The van der Waals surface area contributed by atoms with Crippen LogP contribution in [0.25, 0.3) is 0 Å². The van der Waals surface area contributed by atoms with Crippen LogP contribution in [0.15, 0.2) is 29.2 Å². The van der Waals surface area contributed by atoms with Gasteiger partial charge in [-0.3, -0.25) is 4.21 Å². The molecule has 92 valence electrons. The third-order valence-electron chi connectivity index (χ3n) is 1.98. The summed E-state index contributed by atoms with van der Waals surface area (Å²) < 4.78 is 36.6. The van der Waals surface area contributed by atoms with Gasteiger partial charge in [0, 0.05) is 29.4 Å². The van der Waals surface area contributed by atoms with Gasteiger partial charge >= 0.3 is 0 Å². The minimum absolute atomic E-state index is 0.0957. The molecule has 1 aromatic rings. The van der Waals surface area contributed by atoms with E-state index in [0.29, 0.717) is 5.56 Å². The lowest BCUT2D eigenvalue weighted by atomic mass is 10.2. The zero-order chi connectivity index (χ0) is 12.9. The van der Waals surface area contributed by atoms with Crippen molar-refractivity contribution in [3.8, 4) is 6.07 Å². The van der Waals surface area contributed by atoms with Crippen LogP contribution in [0.4, 0.5) is 0 Å². The maximum Gasteiger partial charge on any atom is 0.240 e. The van der Waals surface area contributed by atoms with Crippen LogP contribution in [0.2, 0.25) is 0 Å². The fraction of sp³-hybridized carbons (Fsp3) is 0.300. The predicted octanol–water partition coefficient (Wildman–Crippen LogP) is 0.215. The van der Waals surface area contributed by atoms with Crippen molar-refractivity contribution >= 4 is 20.8 Å². The van der Waals surface area contributed by atoms with Crippen molar-refractivity contribution in [1.82, 2.24) is 4.72 Å². The quantitative estimate of drug-likeness (QED) is 0.830. The fourth-order valence-electron chi connectivity index (χ4n) is 1.11. The molecule has 1 rings (SSSR count). The van der Waals surface area contributed by atoms with Crippen LogP contribution in [0.1, 0.15) is 5.56 Å². The number of hydrogen-bond donors (Lipinski definition) is 1. The highest BCUT2D eigenvalue weighted by atomic mass is 32.2. The van der Waals surface area contributed by atoms with Crippen LogP contribution in [0, 0.1) is 11.3 Å². The summed E-state index contributed by atoms with van der Waals surface area (Å²) in [6.45, 7) is 0.130. The van der Waals surface area contributed by atoms with Gasteiger partial charge in [0.2, 0.25) is 10.0 Å². The summed E-state index contributed by atoms with van der Waals surface area (Å²) in [6.07, 6.45) is 1.51. The van der Waals surface area contributed by atoms with E-state index in [2.05, 4.69) is 4.72 Å². The first-order valence-corrected chi connectivity index (χ1v) is 7.96. The highest BCUT2D eigenvalue weighted by molar-refractivity contribution is 7.89. The molecule has 0 saturated heterocycles. The SMILES string of the molecule is CS(=O)CCNS(=O)(=O)c1ccc(C#N)cc1. The average molecular weight is 272 g/mol. The zero-order valence-electron chi connectivity index (χ0n) is 9.21. The van der Waals surface area contributed by atoms with Crippen LogP contribution in [0.5, 0.6) is 0 Å². The van der Waals surface area contributed by atoms with Gasteiger partial charge in [-0.05, 0) is 24.3 Å². The largest absolute Gasteiger partial charge is 0.260 e. The van der Waals surface area contributed by atoms with Gasteiger partial charge in [-0.2, -0.15) is 5.26 Å². The molecule has 0 aliphatic carbocycles. The summed E-state index contributed by atoms with van der Waals surface area (Å²) >= 11 is 0. The topological polar surface area (TPSA) is 87.0 Å². The number of hydrogen-bond acceptors (Lipinski definition) is 4. The Morgan fingerprint density at radius 2 is 1.94 bits per heavy atom. The molecule has 0 radical (unpaired) electrons. The van der Waals surface area contributed by atoms with Gasteiger partial charge in [-0.1, -0.05) is 0 Å². The Labute approximate surface area is 103 Å². The Morgan fingerprint density at radius 1 is 1.35 bits per heavy atom. The normalized spacial score (nSPS) is 12.9. The van der Waals surface area contributed by atoms with Crippen LogP contribution in [-0.2, 0) is 20.8 Å². The minimum atomic E-state index is -3.57. The molecule has 5 nitrogen and oxygen atoms in total. The molecule has 1 N–H and O–H groups in total. The van der Waals surface area contributed by atoms with Crippen molar-refractivity contribution in [2.45, 2.75) is 4.90 Å². The zero-order valence-corrected chi connectivity index (χ0v) is 10.8. The fourth-order valence-corrected chi connectivity index (χ4v) is 2.66. The standard InChI is InChI=1S/C10H12N2O3S2/c1-16(13)7-6-12-17(14,15)10-4-2-9(8-11)3-5-10/h2-5,12H,6-7H2,1H3. The molecule has 1 atom stereocenters. The summed E-state index contributed by atoms with van der Waals surface area (Å²) in [7, 11) is -4.61. The maximum absolute atomic E-state index is 11.7. The van der Waals surface area contributed by atoms with Crippen LogP contribution < -0.4 is 4.72 Å². The second kappa shape index (κ2) is 5.91. The van der Waals surface area contributed by atoms with E-state index in [9.17, 15) is 12.6 Å². The lowest BCUT2D eigenvalue weighted by Crippen LogP contribution is -2.27. The average Bonchev–Trinajstić information content (AvgIpc) is 2.28. The van der Waals surface area contributed by atoms with Crippen molar-refractivity contribution in [2.75, 3.05) is 18.6 Å². The molecule has 0 aromatic heterocycles. The van der Waals surface area contributed by atoms with Crippen molar-refractivity contribution in [1.29, 1.82) is 5.26 Å². The third kappa shape index (κ3) is 4.26. The van der Waals surface area contributed by atoms with Crippen molar-refractivity contribution < 1.29 is 12.6 Å². The first-order chi connectivity index (χ1) is 7.95. The molecule has 1 unspecified atom stereocenters. The van der Waals surface area contributed by atoms with E-state index in [1.165, 1.54) is 30.5 Å². The summed E-state index contributed by atoms with van der Waals surface area (Å²) in [5.41, 5.74) is 0.401. The van der Waals surface area contributed by atoms with E-state index in [1.54, 1.807) is 0 Å². The molecule has 0 heterocycles. The van der Waals surface area contributed by atoms with E-state index >= 15 is 0 Å². The molecule has 0 fully saturated rings. The second-order valence-electron chi connectivity index (χ2n) is 3.31. The predicted molar refractivity (Wildman–Crippen MR) is 65.3 cm³/mol. The van der Waals surface area contributed by atoms with Gasteiger partial charge in [-0.15, -0.1) is 0 Å². The highest BCUT2D eigenvalue weighted by Crippen LogP contribution is 2.09. The van der Waals surface area contributed by atoms with Gasteiger partial charge in [0.1, 0.15) is 0 Å². The highest BCUT2D eigenvalue weighted by Gasteiger charge is 2.12. The van der Waals surface area contributed by atoms with Gasteiger partial charge in [0.15, 0.2) is 0 Å². The van der Waals surface area contributed by atoms with Gasteiger partial charge < -0.3 is 0 Å². The van der Waals surface area contributed by atoms with Crippen molar-refractivity contribution in [2.24, 2.45) is 0 Å². The molecule has 0 aliphatic heterocycles. The van der Waals surface area contributed by atoms with E-state index in [4.69, 9.17) is 5.26 Å². The smallest absolute Gasteiger partial charge is 0.240 e. The molecule has 0 amide bonds. The Bertz CT molecular complexity index is 544. The Morgan fingerprint density at radius 3 is 2.41 bits per heavy atom. The molecule has 17 heavy (non-hydrogen) atoms. The Hall–Kier alpha value is -1.23. The molecule has 0 spiro atoms. The molecule has 0 bridgehead atoms. The summed E-state index contributed by atoms with van der Waals surface area (Å²) in [5.74, 6) is 0.273. The number of rotatable bonds is 5. The number of nitrogens with one attached hydrogen (secondary N) is 1. The molecule has 0 aliphatic rings. The van der Waals surface area contributed by atoms with Crippen molar-refractivity contribution in [3.05, 3.63) is 29.8 Å². The first-order valence-electron chi connectivity index (χ1n) is 4.75. The van der Waals surface area contributed by atoms with E-state index < -0.39 is 20.8 Å². The maximum atomic E-state index is 11.7. The second-order valence-corrected chi connectivity index (χ2v) is 6.63. The summed E-state index contributed by atoms with van der Waals surface area (Å²) in [4.78, 5) is 0.0957. The first kappa shape index (κ1) is 13.8. The minimum Gasteiger partial charge on any atom is -0.260 e. The number of nitriles is 1. The lowest BCUT2D eigenvalue weighted by Gasteiger charge is -2.05. The number of sulfonamides is 1. The van der Waals surface area contributed by atoms with Gasteiger partial charge in [0.05, 0.1) is 16.5 Å². The molecular formula is C10H12N2O3S2. The van der Waals surface area contributed by atoms with Crippen LogP contribution in [-0.4, -0.2) is 31.2 Å². The van der Waals surface area contributed by atoms with Crippen molar-refractivity contribution in [3.63, 3.8) is 0 Å². The molecular weight excluding hydrogens is 260 g/mol. The summed E-state index contributed by atoms with van der Waals surface area (Å²) in [6, 6.07) is 7.51. The van der Waals surface area contributed by atoms with Crippen LogP contribution in [0.3, 0.4) is 0 Å². The Kier molecular flexibility index (Phi) is 4.81. The number of nitrogens with zero attached hydrogens (tertiary/aromatic N) is 1. The van der Waals surface area contributed by atoms with E-state index in [0.717, 1.165) is 0 Å². The molecule has 7 heteroatoms. The van der Waals surface area contributed by atoms with E-state index in [1.807, 2.05) is 6.07 Å². The number of benzene rings is 1. The third-order valence-corrected chi connectivity index (χ3v) is 4.23. The lowest BCUT2D eigenvalue weighted by molar-refractivity contribution is 0.584. The van der Waals surface area contributed by atoms with Gasteiger partial charge in [-0.25, -0.2) is 13.1 Å². The van der Waals surface area contributed by atoms with Gasteiger partial charge in [0.25, 0.3) is 0 Å². The Balaban J connectivity index is 2.76. The molecule has 0 saturated carbocycles. The molecule has 1 aromatic carbocycles. The van der Waals surface area contributed by atoms with Crippen LogP contribution >= 0.6 is 0 Å². The van der Waals surface area contributed by atoms with E-state index in [-0.39, 0.29) is 17.2 Å².